The van der Waals surface area contributed by atoms with Crippen molar-refractivity contribution >= 4 is 34.3 Å². The largest absolute Gasteiger partial charge is 0.378 e. The highest BCUT2D eigenvalue weighted by atomic mass is 16.2. The quantitative estimate of drug-likeness (QED) is 0.400. The van der Waals surface area contributed by atoms with E-state index in [2.05, 4.69) is 52.8 Å². The van der Waals surface area contributed by atoms with Crippen molar-refractivity contribution in [3.8, 4) is 0 Å². The minimum Gasteiger partial charge on any atom is -0.378 e. The third-order valence-corrected chi connectivity index (χ3v) is 8.18. The molecular formula is C29H30N4O3. The Morgan fingerprint density at radius 3 is 2.36 bits per heavy atom. The fourth-order valence-electron chi connectivity index (χ4n) is 6.33. The summed E-state index contributed by atoms with van der Waals surface area (Å²) < 4.78 is 0. The van der Waals surface area contributed by atoms with E-state index in [4.69, 9.17) is 0 Å². The zero-order valence-electron chi connectivity index (χ0n) is 20.5. The Bertz CT molecular complexity index is 1340. The van der Waals surface area contributed by atoms with Crippen molar-refractivity contribution in [2.45, 2.75) is 12.3 Å². The number of nitrogens with one attached hydrogen (secondary N) is 2. The fourth-order valence-corrected chi connectivity index (χ4v) is 6.33. The summed E-state index contributed by atoms with van der Waals surface area (Å²) in [7, 11) is 4.01. The van der Waals surface area contributed by atoms with Gasteiger partial charge in [-0.1, -0.05) is 42.5 Å². The number of allylic oxidation sites excluding steroid dienone is 2. The average molecular weight is 483 g/mol. The molecule has 7 nitrogen and oxygen atoms in total. The number of para-hydroxylation sites is 1. The number of fused-ring (bicyclic) bond motifs is 6. The van der Waals surface area contributed by atoms with E-state index in [0.29, 0.717) is 6.54 Å². The zero-order valence-corrected chi connectivity index (χ0v) is 20.5. The second-order valence-corrected chi connectivity index (χ2v) is 10.4. The van der Waals surface area contributed by atoms with Crippen LogP contribution in [0, 0.1) is 23.7 Å². The average Bonchev–Trinajstić information content (AvgIpc) is 3.65. The Labute approximate surface area is 210 Å². The first-order valence-corrected chi connectivity index (χ1v) is 12.6. The molecule has 2 fully saturated rings. The van der Waals surface area contributed by atoms with Gasteiger partial charge in [-0.05, 0) is 47.6 Å². The first-order valence-electron chi connectivity index (χ1n) is 12.6. The minimum absolute atomic E-state index is 0.0919. The normalized spacial score (nSPS) is 25.0. The molecule has 1 aromatic heterocycles. The first kappa shape index (κ1) is 22.6. The second kappa shape index (κ2) is 8.66. The topological polar surface area (TPSA) is 85.5 Å². The van der Waals surface area contributed by atoms with Gasteiger partial charge in [0, 0.05) is 49.3 Å². The van der Waals surface area contributed by atoms with Gasteiger partial charge in [-0.2, -0.15) is 0 Å². The summed E-state index contributed by atoms with van der Waals surface area (Å²) >= 11 is 0. The van der Waals surface area contributed by atoms with Crippen molar-refractivity contribution in [1.29, 1.82) is 0 Å². The molecule has 5 unspecified atom stereocenters. The number of benzene rings is 2. The van der Waals surface area contributed by atoms with Gasteiger partial charge in [-0.3, -0.25) is 19.3 Å². The molecule has 2 aromatic carbocycles. The van der Waals surface area contributed by atoms with Crippen LogP contribution >= 0.6 is 0 Å². The van der Waals surface area contributed by atoms with Crippen LogP contribution in [-0.2, 0) is 14.4 Å². The minimum atomic E-state index is -0.313. The second-order valence-electron chi connectivity index (χ2n) is 10.4. The molecule has 1 saturated heterocycles. The van der Waals surface area contributed by atoms with Gasteiger partial charge in [0.05, 0.1) is 11.8 Å². The number of aromatic amines is 1. The third-order valence-electron chi connectivity index (χ3n) is 8.18. The molecule has 7 heteroatoms. The highest BCUT2D eigenvalue weighted by Crippen LogP contribution is 2.52. The lowest BCUT2D eigenvalue weighted by molar-refractivity contribution is -0.144. The van der Waals surface area contributed by atoms with Crippen molar-refractivity contribution in [2.75, 3.05) is 32.1 Å². The highest BCUT2D eigenvalue weighted by molar-refractivity contribution is 6.08. The number of carbonyl (C=O) groups excluding carboxylic acids is 3. The van der Waals surface area contributed by atoms with Crippen LogP contribution in [0.15, 0.2) is 66.9 Å². The molecule has 2 heterocycles. The Morgan fingerprint density at radius 2 is 1.69 bits per heavy atom. The van der Waals surface area contributed by atoms with Crippen LogP contribution < -0.4 is 10.2 Å². The molecule has 5 atom stereocenters. The van der Waals surface area contributed by atoms with Gasteiger partial charge in [0.15, 0.2) is 0 Å². The SMILES string of the molecule is CN(C)c1ccc(C(CNC(=O)CN2C(=O)C3C4C=CC(C4)C3C2=O)c2c[nH]c3ccccc23)cc1. The Hall–Kier alpha value is -3.87. The first-order chi connectivity index (χ1) is 17.4. The summed E-state index contributed by atoms with van der Waals surface area (Å²) in [6.07, 6.45) is 7.01. The van der Waals surface area contributed by atoms with Crippen LogP contribution in [-0.4, -0.2) is 54.8 Å². The van der Waals surface area contributed by atoms with Gasteiger partial charge in [-0.15, -0.1) is 0 Å². The monoisotopic (exact) mass is 482 g/mol. The molecule has 3 aromatic rings. The summed E-state index contributed by atoms with van der Waals surface area (Å²) in [5, 5.41) is 4.12. The van der Waals surface area contributed by atoms with E-state index in [-0.39, 0.29) is 53.9 Å². The summed E-state index contributed by atoms with van der Waals surface area (Å²) in [6, 6.07) is 16.4. The summed E-state index contributed by atoms with van der Waals surface area (Å²) in [5.41, 5.74) is 4.31. The van der Waals surface area contributed by atoms with E-state index in [9.17, 15) is 14.4 Å². The fraction of sp³-hybridized carbons (Fsp3) is 0.345. The van der Waals surface area contributed by atoms with Gasteiger partial charge < -0.3 is 15.2 Å². The Balaban J connectivity index is 1.21. The molecule has 0 radical (unpaired) electrons. The smallest absolute Gasteiger partial charge is 0.240 e. The van der Waals surface area contributed by atoms with Crippen LogP contribution in [0.2, 0.25) is 0 Å². The maximum absolute atomic E-state index is 13.0. The van der Waals surface area contributed by atoms with Gasteiger partial charge in [0.1, 0.15) is 6.54 Å². The van der Waals surface area contributed by atoms with Crippen molar-refractivity contribution in [2.24, 2.45) is 23.7 Å². The van der Waals surface area contributed by atoms with Crippen molar-refractivity contribution in [1.82, 2.24) is 15.2 Å². The molecule has 3 aliphatic rings. The van der Waals surface area contributed by atoms with Crippen LogP contribution in [0.1, 0.15) is 23.5 Å². The Kier molecular flexibility index (Phi) is 5.43. The molecule has 2 N–H and O–H groups in total. The number of nitrogens with zero attached hydrogens (tertiary/aromatic N) is 2. The van der Waals surface area contributed by atoms with Crippen molar-refractivity contribution < 1.29 is 14.4 Å². The molecule has 184 valence electrons. The molecule has 1 saturated carbocycles. The highest BCUT2D eigenvalue weighted by Gasteiger charge is 2.59. The summed E-state index contributed by atoms with van der Waals surface area (Å²) in [6.45, 7) is 0.141. The number of amides is 3. The molecule has 6 rings (SSSR count). The van der Waals surface area contributed by atoms with Gasteiger partial charge >= 0.3 is 0 Å². The third kappa shape index (κ3) is 3.61. The number of aromatic nitrogens is 1. The number of carbonyl (C=O) groups is 3. The maximum Gasteiger partial charge on any atom is 0.240 e. The zero-order chi connectivity index (χ0) is 25.0. The molecule has 36 heavy (non-hydrogen) atoms. The number of imide groups is 1. The molecule has 3 amide bonds. The van der Waals surface area contributed by atoms with E-state index < -0.39 is 0 Å². The van der Waals surface area contributed by atoms with Crippen LogP contribution in [0.4, 0.5) is 5.69 Å². The predicted octanol–water partition coefficient (Wildman–Crippen LogP) is 3.29. The number of rotatable bonds is 7. The maximum atomic E-state index is 13.0. The molecular weight excluding hydrogens is 452 g/mol. The van der Waals surface area contributed by atoms with E-state index in [0.717, 1.165) is 34.1 Å². The lowest BCUT2D eigenvalue weighted by atomic mass is 9.85. The van der Waals surface area contributed by atoms with Crippen molar-refractivity contribution in [3.05, 3.63) is 78.0 Å². The predicted molar refractivity (Wildman–Crippen MR) is 138 cm³/mol. The van der Waals surface area contributed by atoms with Gasteiger partial charge in [0.2, 0.25) is 17.7 Å². The van der Waals surface area contributed by atoms with Crippen molar-refractivity contribution in [3.63, 3.8) is 0 Å². The lowest BCUT2D eigenvalue weighted by Crippen LogP contribution is -2.42. The van der Waals surface area contributed by atoms with E-state index in [1.54, 1.807) is 0 Å². The molecule has 1 aliphatic heterocycles. The number of H-pyrrole nitrogens is 1. The van der Waals surface area contributed by atoms with Crippen LogP contribution in [0.25, 0.3) is 10.9 Å². The molecule has 2 bridgehead atoms. The van der Waals surface area contributed by atoms with E-state index in [1.807, 2.05) is 43.4 Å². The molecule has 0 spiro atoms. The van der Waals surface area contributed by atoms with Gasteiger partial charge in [-0.25, -0.2) is 0 Å². The van der Waals surface area contributed by atoms with E-state index >= 15 is 0 Å². The standard InChI is InChI=1S/C29H30N4O3/c1-32(2)20-11-9-17(10-12-20)22(23-15-30-24-6-4-3-5-21(23)24)14-31-25(34)16-33-28(35)26-18-7-8-19(13-18)27(26)29(33)36/h3-12,15,18-19,22,26-27,30H,13-14,16H2,1-2H3,(H,31,34). The lowest BCUT2D eigenvalue weighted by Gasteiger charge is -2.21. The summed E-state index contributed by atoms with van der Waals surface area (Å²) in [5.74, 6) is -1.07. The Morgan fingerprint density at radius 1 is 1.03 bits per heavy atom. The summed E-state index contributed by atoms with van der Waals surface area (Å²) in [4.78, 5) is 45.6. The number of hydrogen-bond donors (Lipinski definition) is 2. The van der Waals surface area contributed by atoms with Crippen LogP contribution in [0.3, 0.4) is 0 Å². The number of hydrogen-bond acceptors (Lipinski definition) is 4. The number of anilines is 1. The van der Waals surface area contributed by atoms with Crippen LogP contribution in [0.5, 0.6) is 0 Å². The number of likely N-dealkylation sites (tertiary alicyclic amines) is 1. The molecule has 2 aliphatic carbocycles. The van der Waals surface area contributed by atoms with E-state index in [1.165, 1.54) is 4.90 Å². The van der Waals surface area contributed by atoms with Gasteiger partial charge in [0.25, 0.3) is 0 Å².